The monoisotopic (exact) mass is 320 g/mol. The van der Waals surface area contributed by atoms with Gasteiger partial charge in [0.1, 0.15) is 0 Å². The van der Waals surface area contributed by atoms with Gasteiger partial charge >= 0.3 is 0 Å². The van der Waals surface area contributed by atoms with Gasteiger partial charge in [-0.1, -0.05) is 32.0 Å². The minimum atomic E-state index is 0.653. The minimum Gasteiger partial charge on any atom is -0.378 e. The van der Waals surface area contributed by atoms with Gasteiger partial charge in [-0.3, -0.25) is 4.90 Å². The van der Waals surface area contributed by atoms with Crippen molar-refractivity contribution in [3.05, 3.63) is 34.9 Å². The molecule has 130 valence electrons. The Bertz CT molecular complexity index is 465. The molecule has 1 atom stereocenters. The normalized spacial score (nSPS) is 15.8. The summed E-state index contributed by atoms with van der Waals surface area (Å²) < 4.78 is 11.1. The van der Waals surface area contributed by atoms with Gasteiger partial charge in [-0.2, -0.15) is 0 Å². The molecular formula is C19H32N2O2. The summed E-state index contributed by atoms with van der Waals surface area (Å²) in [6, 6.07) is 7.02. The molecule has 0 saturated carbocycles. The molecule has 0 aliphatic carbocycles. The zero-order valence-corrected chi connectivity index (χ0v) is 14.9. The second kappa shape index (κ2) is 10.0. The zero-order valence-electron chi connectivity index (χ0n) is 14.9. The Kier molecular flexibility index (Phi) is 8.03. The van der Waals surface area contributed by atoms with Crippen molar-refractivity contribution in [2.45, 2.75) is 39.3 Å². The summed E-state index contributed by atoms with van der Waals surface area (Å²) in [7, 11) is 1.93. The molecule has 1 N–H and O–H groups in total. The Morgan fingerprint density at radius 2 is 1.83 bits per heavy atom. The summed E-state index contributed by atoms with van der Waals surface area (Å²) in [5, 5.41) is 3.06. The van der Waals surface area contributed by atoms with Crippen molar-refractivity contribution >= 4 is 0 Å². The fourth-order valence-electron chi connectivity index (χ4n) is 2.88. The van der Waals surface area contributed by atoms with Gasteiger partial charge in [0.2, 0.25) is 0 Å². The number of likely N-dealkylation sites (N-methyl/N-ethyl adjacent to an activating group) is 1. The SMILES string of the molecule is CCC(C)c1ccc2c(c1)CN(CCOCCOCCNC)C2. The Morgan fingerprint density at radius 1 is 1.09 bits per heavy atom. The van der Waals surface area contributed by atoms with Crippen LogP contribution in [0.15, 0.2) is 18.2 Å². The lowest BCUT2D eigenvalue weighted by Gasteiger charge is -2.14. The average Bonchev–Trinajstić information content (AvgIpc) is 2.98. The maximum absolute atomic E-state index is 5.67. The molecular weight excluding hydrogens is 288 g/mol. The first-order valence-corrected chi connectivity index (χ1v) is 8.88. The third kappa shape index (κ3) is 5.88. The maximum Gasteiger partial charge on any atom is 0.0701 e. The summed E-state index contributed by atoms with van der Waals surface area (Å²) in [6.07, 6.45) is 1.20. The van der Waals surface area contributed by atoms with E-state index in [0.29, 0.717) is 19.1 Å². The quantitative estimate of drug-likeness (QED) is 0.636. The molecule has 4 heteroatoms. The van der Waals surface area contributed by atoms with E-state index in [9.17, 15) is 0 Å². The molecule has 1 aromatic carbocycles. The first kappa shape index (κ1) is 18.4. The van der Waals surface area contributed by atoms with Crippen LogP contribution >= 0.6 is 0 Å². The Hall–Kier alpha value is -0.940. The minimum absolute atomic E-state index is 0.653. The molecule has 0 fully saturated rings. The molecule has 1 aromatic rings. The van der Waals surface area contributed by atoms with Crippen LogP contribution < -0.4 is 5.32 Å². The van der Waals surface area contributed by atoms with Crippen molar-refractivity contribution < 1.29 is 9.47 Å². The van der Waals surface area contributed by atoms with E-state index in [1.807, 2.05) is 7.05 Å². The van der Waals surface area contributed by atoms with Gasteiger partial charge in [0.25, 0.3) is 0 Å². The largest absolute Gasteiger partial charge is 0.378 e. The van der Waals surface area contributed by atoms with Gasteiger partial charge in [-0.25, -0.2) is 0 Å². The van der Waals surface area contributed by atoms with E-state index in [0.717, 1.165) is 39.4 Å². The number of nitrogens with one attached hydrogen (secondary N) is 1. The third-order valence-corrected chi connectivity index (χ3v) is 4.62. The van der Waals surface area contributed by atoms with Crippen LogP contribution in [0.3, 0.4) is 0 Å². The average molecular weight is 320 g/mol. The van der Waals surface area contributed by atoms with Gasteiger partial charge in [0.05, 0.1) is 26.4 Å². The number of rotatable bonds is 11. The van der Waals surface area contributed by atoms with Crippen LogP contribution in [0.4, 0.5) is 0 Å². The fourth-order valence-corrected chi connectivity index (χ4v) is 2.88. The number of hydrogen-bond acceptors (Lipinski definition) is 4. The summed E-state index contributed by atoms with van der Waals surface area (Å²) in [5.74, 6) is 0.653. The number of fused-ring (bicyclic) bond motifs is 1. The molecule has 0 aromatic heterocycles. The Labute approximate surface area is 141 Å². The second-order valence-corrected chi connectivity index (χ2v) is 6.38. The van der Waals surface area contributed by atoms with E-state index < -0.39 is 0 Å². The van der Waals surface area contributed by atoms with E-state index in [2.05, 4.69) is 42.3 Å². The predicted octanol–water partition coefficient (Wildman–Crippen LogP) is 2.77. The summed E-state index contributed by atoms with van der Waals surface area (Å²) in [4.78, 5) is 2.47. The molecule has 4 nitrogen and oxygen atoms in total. The van der Waals surface area contributed by atoms with Crippen LogP contribution in [0.5, 0.6) is 0 Å². The van der Waals surface area contributed by atoms with Crippen LogP contribution in [0.25, 0.3) is 0 Å². The van der Waals surface area contributed by atoms with E-state index in [1.54, 1.807) is 0 Å². The van der Waals surface area contributed by atoms with E-state index in [-0.39, 0.29) is 0 Å². The zero-order chi connectivity index (χ0) is 16.5. The van der Waals surface area contributed by atoms with Crippen molar-refractivity contribution in [2.24, 2.45) is 0 Å². The van der Waals surface area contributed by atoms with Crippen molar-refractivity contribution in [3.63, 3.8) is 0 Å². The highest BCUT2D eigenvalue weighted by Gasteiger charge is 2.19. The molecule has 0 amide bonds. The van der Waals surface area contributed by atoms with E-state index >= 15 is 0 Å². The molecule has 1 unspecified atom stereocenters. The van der Waals surface area contributed by atoms with Crippen LogP contribution in [0, 0.1) is 0 Å². The van der Waals surface area contributed by atoms with Gasteiger partial charge in [0.15, 0.2) is 0 Å². The summed E-state index contributed by atoms with van der Waals surface area (Å²) in [6.45, 7) is 11.4. The van der Waals surface area contributed by atoms with Crippen LogP contribution in [0.2, 0.25) is 0 Å². The number of hydrogen-bond donors (Lipinski definition) is 1. The molecule has 1 heterocycles. The predicted molar refractivity (Wildman–Crippen MR) is 94.8 cm³/mol. The molecule has 0 radical (unpaired) electrons. The van der Waals surface area contributed by atoms with Crippen molar-refractivity contribution in [2.75, 3.05) is 46.6 Å². The first-order valence-electron chi connectivity index (χ1n) is 8.88. The van der Waals surface area contributed by atoms with Crippen LogP contribution in [0.1, 0.15) is 42.9 Å². The van der Waals surface area contributed by atoms with Crippen LogP contribution in [-0.2, 0) is 22.6 Å². The number of ether oxygens (including phenoxy) is 2. The molecule has 0 saturated heterocycles. The van der Waals surface area contributed by atoms with Crippen molar-refractivity contribution in [1.82, 2.24) is 10.2 Å². The lowest BCUT2D eigenvalue weighted by Crippen LogP contribution is -2.23. The van der Waals surface area contributed by atoms with Gasteiger partial charge in [-0.15, -0.1) is 0 Å². The van der Waals surface area contributed by atoms with Gasteiger partial charge < -0.3 is 14.8 Å². The van der Waals surface area contributed by atoms with Gasteiger partial charge in [-0.05, 0) is 36.1 Å². The smallest absolute Gasteiger partial charge is 0.0701 e. The fraction of sp³-hybridized carbons (Fsp3) is 0.684. The highest BCUT2D eigenvalue weighted by atomic mass is 16.5. The maximum atomic E-state index is 5.67. The molecule has 2 rings (SSSR count). The lowest BCUT2D eigenvalue weighted by atomic mass is 9.95. The number of benzene rings is 1. The number of nitrogens with zero attached hydrogens (tertiary/aromatic N) is 1. The molecule has 1 aliphatic rings. The molecule has 1 aliphatic heterocycles. The topological polar surface area (TPSA) is 33.7 Å². The van der Waals surface area contributed by atoms with Gasteiger partial charge in [0, 0.05) is 26.2 Å². The molecule has 0 spiro atoms. The van der Waals surface area contributed by atoms with Crippen LogP contribution in [-0.4, -0.2) is 51.5 Å². The van der Waals surface area contributed by atoms with Crippen molar-refractivity contribution in [1.29, 1.82) is 0 Å². The summed E-state index contributed by atoms with van der Waals surface area (Å²) >= 11 is 0. The second-order valence-electron chi connectivity index (χ2n) is 6.38. The van der Waals surface area contributed by atoms with E-state index in [4.69, 9.17) is 9.47 Å². The first-order chi connectivity index (χ1) is 11.2. The third-order valence-electron chi connectivity index (χ3n) is 4.62. The highest BCUT2D eigenvalue weighted by molar-refractivity contribution is 5.36. The van der Waals surface area contributed by atoms with Crippen molar-refractivity contribution in [3.8, 4) is 0 Å². The van der Waals surface area contributed by atoms with E-state index in [1.165, 1.54) is 23.1 Å². The highest BCUT2D eigenvalue weighted by Crippen LogP contribution is 2.27. The standard InChI is InChI=1S/C19H32N2O2/c1-4-16(2)17-5-6-18-14-21(15-19(18)13-17)8-10-23-12-11-22-9-7-20-3/h5-6,13,16,20H,4,7-12,14-15H2,1-3H3. The molecule has 0 bridgehead atoms. The Morgan fingerprint density at radius 3 is 2.57 bits per heavy atom. The Balaban J connectivity index is 1.63. The molecule has 23 heavy (non-hydrogen) atoms. The lowest BCUT2D eigenvalue weighted by molar-refractivity contribution is 0.0395. The summed E-state index contributed by atoms with van der Waals surface area (Å²) in [5.41, 5.74) is 4.45.